The molecule has 3 aliphatic rings. The molecule has 1 unspecified atom stereocenters. The number of carbonyl (C=O) groups excluding carboxylic acids is 2. The maximum Gasteiger partial charge on any atom is 0.312 e. The van der Waals surface area contributed by atoms with Gasteiger partial charge in [-0.2, -0.15) is 0 Å². The molecule has 0 aromatic heterocycles. The highest BCUT2D eigenvalue weighted by Crippen LogP contribution is 2.52. The second kappa shape index (κ2) is 4.43. The molecule has 0 aliphatic carbocycles. The lowest BCUT2D eigenvalue weighted by molar-refractivity contribution is -0.149. The number of anilines is 1. The molecule has 0 radical (unpaired) electrons. The summed E-state index contributed by atoms with van der Waals surface area (Å²) < 4.78 is 10.9. The molecule has 1 aromatic carbocycles. The van der Waals surface area contributed by atoms with Crippen LogP contribution in [0.15, 0.2) is 36.4 Å². The van der Waals surface area contributed by atoms with Crippen molar-refractivity contribution in [1.29, 1.82) is 0 Å². The fourth-order valence-corrected chi connectivity index (χ4v) is 3.92. The first-order valence-corrected chi connectivity index (χ1v) is 7.39. The van der Waals surface area contributed by atoms with Crippen molar-refractivity contribution in [1.82, 2.24) is 0 Å². The van der Waals surface area contributed by atoms with Gasteiger partial charge in [-0.25, -0.2) is 0 Å². The van der Waals surface area contributed by atoms with Crippen LogP contribution in [0.5, 0.6) is 0 Å². The normalized spacial score (nSPS) is 35.1. The topological polar surface area (TPSA) is 55.8 Å². The van der Waals surface area contributed by atoms with Gasteiger partial charge in [0.25, 0.3) is 0 Å². The molecule has 1 aromatic rings. The average Bonchev–Trinajstić information content (AvgIpc) is 3.15. The second-order valence-corrected chi connectivity index (χ2v) is 6.19. The fraction of sp³-hybridized carbons (Fsp3) is 0.412. The zero-order chi connectivity index (χ0) is 15.5. The summed E-state index contributed by atoms with van der Waals surface area (Å²) in [7, 11) is 1.35. The number of esters is 1. The van der Waals surface area contributed by atoms with Crippen LogP contribution in [-0.2, 0) is 19.1 Å². The third-order valence-electron chi connectivity index (χ3n) is 4.89. The van der Waals surface area contributed by atoms with E-state index in [0.717, 1.165) is 11.3 Å². The lowest BCUT2D eigenvalue weighted by atomic mass is 9.77. The van der Waals surface area contributed by atoms with Crippen molar-refractivity contribution >= 4 is 17.6 Å². The summed E-state index contributed by atoms with van der Waals surface area (Å²) in [4.78, 5) is 26.7. The van der Waals surface area contributed by atoms with Gasteiger partial charge < -0.3 is 14.4 Å². The van der Waals surface area contributed by atoms with Gasteiger partial charge in [0.15, 0.2) is 0 Å². The van der Waals surface area contributed by atoms with Crippen LogP contribution in [0.4, 0.5) is 5.69 Å². The number of ether oxygens (including phenoxy) is 2. The predicted octanol–water partition coefficient (Wildman–Crippen LogP) is 1.45. The highest BCUT2D eigenvalue weighted by atomic mass is 16.5. The maximum absolute atomic E-state index is 12.9. The van der Waals surface area contributed by atoms with E-state index in [1.165, 1.54) is 7.11 Å². The van der Waals surface area contributed by atoms with Crippen LogP contribution in [0.1, 0.15) is 5.56 Å². The van der Waals surface area contributed by atoms with Crippen molar-refractivity contribution < 1.29 is 19.1 Å². The SMILES string of the molecule is COC(=O)C1[C@H]2C(=O)N(c3cccc(C)c3)C[C@]23C=C[C@H]1O3. The summed E-state index contributed by atoms with van der Waals surface area (Å²) in [5.41, 5.74) is 1.24. The van der Waals surface area contributed by atoms with Gasteiger partial charge in [-0.05, 0) is 24.6 Å². The number of nitrogens with zero attached hydrogens (tertiary/aromatic N) is 1. The van der Waals surface area contributed by atoms with E-state index in [0.29, 0.717) is 6.54 Å². The van der Waals surface area contributed by atoms with Crippen LogP contribution in [0.3, 0.4) is 0 Å². The quantitative estimate of drug-likeness (QED) is 0.613. The van der Waals surface area contributed by atoms with Crippen LogP contribution in [0, 0.1) is 18.8 Å². The van der Waals surface area contributed by atoms with E-state index >= 15 is 0 Å². The van der Waals surface area contributed by atoms with Gasteiger partial charge in [0.2, 0.25) is 5.91 Å². The summed E-state index contributed by atoms with van der Waals surface area (Å²) >= 11 is 0. The molecule has 5 heteroatoms. The molecule has 22 heavy (non-hydrogen) atoms. The molecule has 5 nitrogen and oxygen atoms in total. The minimum absolute atomic E-state index is 0.0622. The standard InChI is InChI=1S/C17H17NO4/c1-10-4-3-5-11(8-10)18-9-17-7-6-12(22-17)13(16(20)21-2)14(17)15(18)19/h3-8,12-14H,9H2,1-2H3/t12-,13?,14+,17-/m1/s1. The predicted molar refractivity (Wildman–Crippen MR) is 79.3 cm³/mol. The molecule has 0 N–H and O–H groups in total. The molecule has 0 saturated carbocycles. The summed E-state index contributed by atoms with van der Waals surface area (Å²) in [5, 5.41) is 0. The van der Waals surface area contributed by atoms with Gasteiger partial charge in [-0.3, -0.25) is 9.59 Å². The molecule has 2 bridgehead atoms. The van der Waals surface area contributed by atoms with Crippen LogP contribution in [0.2, 0.25) is 0 Å². The maximum atomic E-state index is 12.9. The first-order chi connectivity index (χ1) is 10.6. The number of hydrogen-bond acceptors (Lipinski definition) is 4. The molecule has 4 atom stereocenters. The lowest BCUT2D eigenvalue weighted by Crippen LogP contribution is -2.39. The molecule has 114 valence electrons. The third-order valence-corrected chi connectivity index (χ3v) is 4.89. The summed E-state index contributed by atoms with van der Waals surface area (Å²) in [5.74, 6) is -1.47. The van der Waals surface area contributed by atoms with Crippen LogP contribution in [0.25, 0.3) is 0 Å². The van der Waals surface area contributed by atoms with E-state index in [4.69, 9.17) is 9.47 Å². The van der Waals surface area contributed by atoms with Crippen molar-refractivity contribution in [2.24, 2.45) is 11.8 Å². The number of fused-ring (bicyclic) bond motifs is 1. The molecule has 4 rings (SSSR count). The van der Waals surface area contributed by atoms with Crippen molar-refractivity contribution in [3.63, 3.8) is 0 Å². The minimum atomic E-state index is -0.690. The molecule has 2 fully saturated rings. The Morgan fingerprint density at radius 1 is 1.45 bits per heavy atom. The minimum Gasteiger partial charge on any atom is -0.469 e. The van der Waals surface area contributed by atoms with Crippen LogP contribution < -0.4 is 4.90 Å². The molecular weight excluding hydrogens is 282 g/mol. The highest BCUT2D eigenvalue weighted by Gasteiger charge is 2.67. The van der Waals surface area contributed by atoms with E-state index in [1.54, 1.807) is 4.90 Å². The van der Waals surface area contributed by atoms with Gasteiger partial charge in [0, 0.05) is 5.69 Å². The Balaban J connectivity index is 1.73. The van der Waals surface area contributed by atoms with Crippen molar-refractivity contribution in [3.8, 4) is 0 Å². The Labute approximate surface area is 128 Å². The number of rotatable bonds is 2. The highest BCUT2D eigenvalue weighted by molar-refractivity contribution is 6.02. The molecule has 2 saturated heterocycles. The lowest BCUT2D eigenvalue weighted by Gasteiger charge is -2.22. The number of amides is 1. The zero-order valence-electron chi connectivity index (χ0n) is 12.5. The van der Waals surface area contributed by atoms with E-state index < -0.39 is 17.4 Å². The molecule has 1 spiro atoms. The van der Waals surface area contributed by atoms with Gasteiger partial charge in [0.05, 0.1) is 25.7 Å². The molecule has 3 heterocycles. The zero-order valence-corrected chi connectivity index (χ0v) is 12.5. The Kier molecular flexibility index (Phi) is 2.72. The average molecular weight is 299 g/mol. The monoisotopic (exact) mass is 299 g/mol. The first-order valence-electron chi connectivity index (χ1n) is 7.39. The van der Waals surface area contributed by atoms with Gasteiger partial charge >= 0.3 is 5.97 Å². The number of hydrogen-bond donors (Lipinski definition) is 0. The number of carbonyl (C=O) groups is 2. The summed E-state index contributed by atoms with van der Waals surface area (Å²) in [6.45, 7) is 2.43. The first kappa shape index (κ1) is 13.5. The third kappa shape index (κ3) is 1.63. The number of methoxy groups -OCH3 is 1. The molecular formula is C17H17NO4. The van der Waals surface area contributed by atoms with Crippen molar-refractivity contribution in [2.45, 2.75) is 18.6 Å². The van der Waals surface area contributed by atoms with Gasteiger partial charge in [-0.15, -0.1) is 0 Å². The summed E-state index contributed by atoms with van der Waals surface area (Å²) in [6.07, 6.45) is 3.47. The number of aryl methyl sites for hydroxylation is 1. The fourth-order valence-electron chi connectivity index (χ4n) is 3.92. The van der Waals surface area contributed by atoms with Crippen LogP contribution in [-0.4, -0.2) is 37.2 Å². The van der Waals surface area contributed by atoms with E-state index in [1.807, 2.05) is 43.3 Å². The Bertz CT molecular complexity index is 698. The van der Waals surface area contributed by atoms with Crippen molar-refractivity contribution in [3.05, 3.63) is 42.0 Å². The van der Waals surface area contributed by atoms with E-state index in [9.17, 15) is 9.59 Å². The number of benzene rings is 1. The summed E-state index contributed by atoms with van der Waals surface area (Å²) in [6, 6.07) is 7.79. The van der Waals surface area contributed by atoms with Crippen molar-refractivity contribution in [2.75, 3.05) is 18.6 Å². The second-order valence-electron chi connectivity index (χ2n) is 6.19. The largest absolute Gasteiger partial charge is 0.469 e. The Morgan fingerprint density at radius 2 is 2.27 bits per heavy atom. The Hall–Kier alpha value is -2.14. The van der Waals surface area contributed by atoms with Crippen LogP contribution >= 0.6 is 0 Å². The van der Waals surface area contributed by atoms with Gasteiger partial charge in [0.1, 0.15) is 11.5 Å². The smallest absolute Gasteiger partial charge is 0.312 e. The van der Waals surface area contributed by atoms with E-state index in [2.05, 4.69) is 0 Å². The Morgan fingerprint density at radius 3 is 3.00 bits per heavy atom. The molecule has 3 aliphatic heterocycles. The van der Waals surface area contributed by atoms with E-state index in [-0.39, 0.29) is 18.0 Å². The van der Waals surface area contributed by atoms with Gasteiger partial charge in [-0.1, -0.05) is 24.3 Å². The molecule has 1 amide bonds.